The van der Waals surface area contributed by atoms with Gasteiger partial charge in [-0.3, -0.25) is 4.79 Å². The lowest BCUT2D eigenvalue weighted by Crippen LogP contribution is -2.44. The number of urea groups is 1. The molecule has 0 atom stereocenters. The highest BCUT2D eigenvalue weighted by Crippen LogP contribution is 2.21. The molecule has 116 valence electrons. The summed E-state index contributed by atoms with van der Waals surface area (Å²) in [4.78, 5) is 28.7. The number of amides is 2. The van der Waals surface area contributed by atoms with Crippen molar-refractivity contribution in [2.45, 2.75) is 58.5 Å². The molecule has 2 rings (SSSR count). The summed E-state index contributed by atoms with van der Waals surface area (Å²) in [5.41, 5.74) is 2.27. The minimum absolute atomic E-state index is 0.0960. The van der Waals surface area contributed by atoms with Gasteiger partial charge in [0.1, 0.15) is 0 Å². The van der Waals surface area contributed by atoms with Crippen LogP contribution in [0.3, 0.4) is 0 Å². The largest absolute Gasteiger partial charge is 0.334 e. The minimum atomic E-state index is -0.117. The molecule has 1 aromatic heterocycles. The Balaban J connectivity index is 1.96. The van der Waals surface area contributed by atoms with Gasteiger partial charge in [-0.25, -0.2) is 4.79 Å². The van der Waals surface area contributed by atoms with Gasteiger partial charge in [0.2, 0.25) is 0 Å². The van der Waals surface area contributed by atoms with Crippen molar-refractivity contribution in [3.05, 3.63) is 33.2 Å². The fourth-order valence-corrected chi connectivity index (χ4v) is 3.02. The first-order valence-corrected chi connectivity index (χ1v) is 7.69. The van der Waals surface area contributed by atoms with Crippen molar-refractivity contribution in [3.63, 3.8) is 0 Å². The Morgan fingerprint density at radius 2 is 2.00 bits per heavy atom. The lowest BCUT2D eigenvalue weighted by molar-refractivity contribution is 0.173. The van der Waals surface area contributed by atoms with Gasteiger partial charge < -0.3 is 15.2 Å². The second-order valence-corrected chi connectivity index (χ2v) is 6.00. The third kappa shape index (κ3) is 3.86. The second kappa shape index (κ2) is 6.78. The lowest BCUT2D eigenvalue weighted by atomic mass is 9.95. The van der Waals surface area contributed by atoms with Gasteiger partial charge in [0.15, 0.2) is 0 Å². The van der Waals surface area contributed by atoms with Gasteiger partial charge in [-0.05, 0) is 38.3 Å². The smallest absolute Gasteiger partial charge is 0.317 e. The van der Waals surface area contributed by atoms with E-state index in [-0.39, 0.29) is 18.1 Å². The summed E-state index contributed by atoms with van der Waals surface area (Å²) in [6.07, 6.45) is 5.81. The minimum Gasteiger partial charge on any atom is -0.334 e. The maximum Gasteiger partial charge on any atom is 0.317 e. The summed E-state index contributed by atoms with van der Waals surface area (Å²) in [6, 6.07) is 2.16. The van der Waals surface area contributed by atoms with Crippen LogP contribution in [0.15, 0.2) is 10.9 Å². The molecule has 0 saturated heterocycles. The number of carbonyl (C=O) groups excluding carboxylic acids is 1. The summed E-state index contributed by atoms with van der Waals surface area (Å²) in [7, 11) is 1.84. The number of hydrogen-bond donors (Lipinski definition) is 2. The van der Waals surface area contributed by atoms with Crippen molar-refractivity contribution in [1.29, 1.82) is 0 Å². The van der Waals surface area contributed by atoms with Crippen LogP contribution >= 0.6 is 0 Å². The second-order valence-electron chi connectivity index (χ2n) is 6.00. The van der Waals surface area contributed by atoms with Crippen LogP contribution in [0.1, 0.15) is 48.9 Å². The van der Waals surface area contributed by atoms with Gasteiger partial charge in [0, 0.05) is 24.3 Å². The molecule has 1 aliphatic carbocycles. The Hall–Kier alpha value is -1.78. The van der Waals surface area contributed by atoms with Crippen LogP contribution in [-0.2, 0) is 6.54 Å². The van der Waals surface area contributed by atoms with E-state index < -0.39 is 0 Å². The molecule has 0 radical (unpaired) electrons. The first kappa shape index (κ1) is 15.6. The van der Waals surface area contributed by atoms with Gasteiger partial charge in [-0.15, -0.1) is 0 Å². The van der Waals surface area contributed by atoms with Gasteiger partial charge in [-0.2, -0.15) is 0 Å². The van der Waals surface area contributed by atoms with Crippen LogP contribution in [0.5, 0.6) is 0 Å². The molecule has 2 amide bonds. The zero-order valence-corrected chi connectivity index (χ0v) is 13.2. The summed E-state index contributed by atoms with van der Waals surface area (Å²) in [5.74, 6) is 0. The molecule has 2 N–H and O–H groups in total. The summed E-state index contributed by atoms with van der Waals surface area (Å²) in [6.45, 7) is 4.03. The molecule has 0 aliphatic heterocycles. The van der Waals surface area contributed by atoms with E-state index in [9.17, 15) is 9.59 Å². The van der Waals surface area contributed by atoms with E-state index in [1.807, 2.05) is 27.0 Å². The topological polar surface area (TPSA) is 65.2 Å². The average Bonchev–Trinajstić information content (AvgIpc) is 2.46. The predicted molar refractivity (Wildman–Crippen MR) is 83.4 cm³/mol. The molecular weight excluding hydrogens is 266 g/mol. The number of nitrogens with zero attached hydrogens (tertiary/aromatic N) is 1. The predicted octanol–water partition coefficient (Wildman–Crippen LogP) is 2.47. The molecule has 1 aromatic rings. The van der Waals surface area contributed by atoms with Crippen molar-refractivity contribution in [1.82, 2.24) is 15.2 Å². The van der Waals surface area contributed by atoms with Gasteiger partial charge in [-0.1, -0.05) is 19.3 Å². The van der Waals surface area contributed by atoms with E-state index in [0.29, 0.717) is 11.6 Å². The number of carbonyl (C=O) groups is 1. The number of nitrogens with one attached hydrogen (secondary N) is 2. The number of H-pyrrole nitrogens is 1. The molecule has 0 unspecified atom stereocenters. The fraction of sp³-hybridized carbons (Fsp3) is 0.625. The van der Waals surface area contributed by atoms with Crippen LogP contribution in [0.2, 0.25) is 0 Å². The fourth-order valence-electron chi connectivity index (χ4n) is 3.02. The number of aromatic nitrogens is 1. The molecule has 1 fully saturated rings. The van der Waals surface area contributed by atoms with Crippen molar-refractivity contribution < 1.29 is 4.79 Å². The van der Waals surface area contributed by atoms with E-state index in [0.717, 1.165) is 24.1 Å². The Labute approximate surface area is 125 Å². The molecule has 5 nitrogen and oxygen atoms in total. The summed E-state index contributed by atoms with van der Waals surface area (Å²) < 4.78 is 0. The number of hydrogen-bond acceptors (Lipinski definition) is 2. The highest BCUT2D eigenvalue weighted by molar-refractivity contribution is 5.74. The quantitative estimate of drug-likeness (QED) is 0.898. The zero-order chi connectivity index (χ0) is 15.4. The lowest BCUT2D eigenvalue weighted by Gasteiger charge is -2.31. The van der Waals surface area contributed by atoms with E-state index in [4.69, 9.17) is 0 Å². The standard InChI is InChI=1S/C16H25N3O2/c1-11-9-12(2)18-15(20)14(11)10-17-16(21)19(3)13-7-5-4-6-8-13/h9,13H,4-8,10H2,1-3H3,(H,17,21)(H,18,20). The van der Waals surface area contributed by atoms with Crippen molar-refractivity contribution in [2.24, 2.45) is 0 Å². The number of rotatable bonds is 3. The maximum absolute atomic E-state index is 12.2. The van der Waals surface area contributed by atoms with Crippen LogP contribution in [0, 0.1) is 13.8 Å². The van der Waals surface area contributed by atoms with E-state index in [1.165, 1.54) is 19.3 Å². The maximum atomic E-state index is 12.2. The van der Waals surface area contributed by atoms with Crippen molar-refractivity contribution >= 4 is 6.03 Å². The van der Waals surface area contributed by atoms with Crippen molar-refractivity contribution in [3.8, 4) is 0 Å². The van der Waals surface area contributed by atoms with E-state index >= 15 is 0 Å². The monoisotopic (exact) mass is 291 g/mol. The van der Waals surface area contributed by atoms with Crippen LogP contribution in [0.25, 0.3) is 0 Å². The van der Waals surface area contributed by atoms with Crippen molar-refractivity contribution in [2.75, 3.05) is 7.05 Å². The van der Waals surface area contributed by atoms with E-state index in [1.54, 1.807) is 4.90 Å². The zero-order valence-electron chi connectivity index (χ0n) is 13.2. The van der Waals surface area contributed by atoms with E-state index in [2.05, 4.69) is 10.3 Å². The average molecular weight is 291 g/mol. The van der Waals surface area contributed by atoms with Gasteiger partial charge >= 0.3 is 6.03 Å². The molecule has 5 heteroatoms. The number of aromatic amines is 1. The summed E-state index contributed by atoms with van der Waals surface area (Å²) in [5, 5.41) is 2.86. The SMILES string of the molecule is Cc1cc(C)c(CNC(=O)N(C)C2CCCCC2)c(=O)[nH]1. The third-order valence-electron chi connectivity index (χ3n) is 4.35. The van der Waals surface area contributed by atoms with Crippen LogP contribution in [-0.4, -0.2) is 29.0 Å². The number of pyridine rings is 1. The van der Waals surface area contributed by atoms with Gasteiger partial charge in [0.05, 0.1) is 6.54 Å². The first-order chi connectivity index (χ1) is 9.99. The summed E-state index contributed by atoms with van der Waals surface area (Å²) >= 11 is 0. The molecule has 0 aromatic carbocycles. The first-order valence-electron chi connectivity index (χ1n) is 7.69. The van der Waals surface area contributed by atoms with Crippen LogP contribution < -0.4 is 10.9 Å². The molecule has 0 bridgehead atoms. The van der Waals surface area contributed by atoms with Crippen LogP contribution in [0.4, 0.5) is 4.79 Å². The molecular formula is C16H25N3O2. The number of aryl methyl sites for hydroxylation is 2. The highest BCUT2D eigenvalue weighted by Gasteiger charge is 2.22. The van der Waals surface area contributed by atoms with Gasteiger partial charge in [0.25, 0.3) is 5.56 Å². The Bertz CT molecular complexity index is 559. The Kier molecular flexibility index (Phi) is 5.04. The highest BCUT2D eigenvalue weighted by atomic mass is 16.2. The third-order valence-corrected chi connectivity index (χ3v) is 4.35. The molecule has 0 spiro atoms. The Morgan fingerprint density at radius 3 is 2.62 bits per heavy atom. The molecule has 1 heterocycles. The normalized spacial score (nSPS) is 15.8. The molecule has 21 heavy (non-hydrogen) atoms. The molecule has 1 aliphatic rings. The Morgan fingerprint density at radius 1 is 1.33 bits per heavy atom. The molecule has 1 saturated carbocycles.